The first-order valence-corrected chi connectivity index (χ1v) is 12.8. The molecular formula is C31H30N4O2. The summed E-state index contributed by atoms with van der Waals surface area (Å²) in [7, 11) is 0. The summed E-state index contributed by atoms with van der Waals surface area (Å²) in [5.41, 5.74) is 5.06. The summed E-state index contributed by atoms with van der Waals surface area (Å²) >= 11 is 0. The summed E-state index contributed by atoms with van der Waals surface area (Å²) in [6, 6.07) is 25.2. The Morgan fingerprint density at radius 2 is 1.68 bits per heavy atom. The standard InChI is InChI=1S/C31H30N4O2/c1-23(24-8-3-2-4-9-24)35-22-32-18-26(35)19-33-20-29(28-13-7-11-25-10-5-6-12-27(25)28)30(21-33)31(36)34-14-16-37-17-15-34/h2-13,18,20-23H,14-17,19H2,1H3/t23-/m0/s1. The van der Waals surface area contributed by atoms with E-state index in [2.05, 4.69) is 87.9 Å². The zero-order valence-corrected chi connectivity index (χ0v) is 21.0. The van der Waals surface area contributed by atoms with Gasteiger partial charge in [-0.2, -0.15) is 0 Å². The average molecular weight is 491 g/mol. The molecule has 3 aromatic carbocycles. The van der Waals surface area contributed by atoms with Crippen LogP contribution in [-0.4, -0.2) is 51.2 Å². The number of aromatic nitrogens is 3. The molecule has 6 nitrogen and oxygen atoms in total. The highest BCUT2D eigenvalue weighted by molar-refractivity contribution is 6.06. The lowest BCUT2D eigenvalue weighted by Gasteiger charge is -2.27. The normalized spacial score (nSPS) is 14.7. The predicted octanol–water partition coefficient (Wildman–Crippen LogP) is 5.63. The molecule has 0 N–H and O–H groups in total. The van der Waals surface area contributed by atoms with Crippen LogP contribution in [0.3, 0.4) is 0 Å². The van der Waals surface area contributed by atoms with E-state index in [4.69, 9.17) is 4.74 Å². The van der Waals surface area contributed by atoms with E-state index in [1.165, 1.54) is 5.56 Å². The van der Waals surface area contributed by atoms with Crippen molar-refractivity contribution in [1.82, 2.24) is 19.0 Å². The van der Waals surface area contributed by atoms with Gasteiger partial charge in [-0.15, -0.1) is 0 Å². The number of ether oxygens (including phenoxy) is 1. The van der Waals surface area contributed by atoms with Crippen molar-refractivity contribution in [3.05, 3.63) is 115 Å². The Bertz CT molecular complexity index is 1520. The van der Waals surface area contributed by atoms with E-state index in [1.807, 2.05) is 35.8 Å². The second-order valence-electron chi connectivity index (χ2n) is 9.57. The Labute approximate surface area is 216 Å². The zero-order chi connectivity index (χ0) is 25.2. The molecule has 1 atom stereocenters. The number of amides is 1. The molecule has 1 amide bonds. The van der Waals surface area contributed by atoms with Gasteiger partial charge < -0.3 is 18.8 Å². The number of benzene rings is 3. The van der Waals surface area contributed by atoms with E-state index in [0.29, 0.717) is 32.8 Å². The second kappa shape index (κ2) is 10.1. The van der Waals surface area contributed by atoms with Gasteiger partial charge in [0.2, 0.25) is 0 Å². The van der Waals surface area contributed by atoms with Gasteiger partial charge in [0.25, 0.3) is 5.91 Å². The van der Waals surface area contributed by atoms with Gasteiger partial charge in [-0.1, -0.05) is 72.8 Å². The molecule has 5 aromatic rings. The van der Waals surface area contributed by atoms with Gasteiger partial charge in [-0.3, -0.25) is 4.79 Å². The van der Waals surface area contributed by atoms with Crippen LogP contribution in [0.15, 0.2) is 97.7 Å². The van der Waals surface area contributed by atoms with Gasteiger partial charge in [0.05, 0.1) is 43.4 Å². The van der Waals surface area contributed by atoms with Crippen LogP contribution in [0.4, 0.5) is 0 Å². The average Bonchev–Trinajstić information content (AvgIpc) is 3.60. The molecule has 6 heteroatoms. The number of nitrogens with zero attached hydrogens (tertiary/aromatic N) is 4. The fourth-order valence-corrected chi connectivity index (χ4v) is 5.26. The Hall–Kier alpha value is -4.16. The molecule has 186 valence electrons. The first-order chi connectivity index (χ1) is 18.2. The molecule has 0 spiro atoms. The van der Waals surface area contributed by atoms with Crippen molar-refractivity contribution < 1.29 is 9.53 Å². The molecule has 0 aliphatic carbocycles. The summed E-state index contributed by atoms with van der Waals surface area (Å²) in [6.45, 7) is 5.18. The molecule has 3 heterocycles. The molecule has 1 aliphatic heterocycles. The summed E-state index contributed by atoms with van der Waals surface area (Å²) in [4.78, 5) is 20.1. The summed E-state index contributed by atoms with van der Waals surface area (Å²) in [5, 5.41) is 2.30. The smallest absolute Gasteiger partial charge is 0.256 e. The molecule has 0 saturated carbocycles. The monoisotopic (exact) mass is 490 g/mol. The van der Waals surface area contributed by atoms with E-state index in [-0.39, 0.29) is 11.9 Å². The maximum absolute atomic E-state index is 13.7. The number of morpholine rings is 1. The van der Waals surface area contributed by atoms with Gasteiger partial charge in [0.1, 0.15) is 0 Å². The van der Waals surface area contributed by atoms with Crippen LogP contribution < -0.4 is 0 Å². The van der Waals surface area contributed by atoms with Crippen molar-refractivity contribution in [3.8, 4) is 11.1 Å². The number of fused-ring (bicyclic) bond motifs is 1. The lowest BCUT2D eigenvalue weighted by molar-refractivity contribution is 0.0303. The van der Waals surface area contributed by atoms with Crippen LogP contribution >= 0.6 is 0 Å². The number of carbonyl (C=O) groups excluding carboxylic acids is 1. The van der Waals surface area contributed by atoms with Crippen molar-refractivity contribution in [2.45, 2.75) is 19.5 Å². The van der Waals surface area contributed by atoms with Gasteiger partial charge in [0, 0.05) is 37.2 Å². The van der Waals surface area contributed by atoms with E-state index in [1.54, 1.807) is 0 Å². The van der Waals surface area contributed by atoms with E-state index < -0.39 is 0 Å². The Morgan fingerprint density at radius 3 is 2.51 bits per heavy atom. The van der Waals surface area contributed by atoms with Gasteiger partial charge in [-0.05, 0) is 28.8 Å². The molecule has 1 fully saturated rings. The first kappa shape index (κ1) is 23.3. The second-order valence-corrected chi connectivity index (χ2v) is 9.57. The van der Waals surface area contributed by atoms with Crippen LogP contribution in [-0.2, 0) is 11.3 Å². The molecule has 0 bridgehead atoms. The van der Waals surface area contributed by atoms with Crippen molar-refractivity contribution >= 4 is 16.7 Å². The fraction of sp³-hybridized carbons (Fsp3) is 0.226. The Kier molecular flexibility index (Phi) is 6.33. The lowest BCUT2D eigenvalue weighted by atomic mass is 9.97. The number of hydrogen-bond donors (Lipinski definition) is 0. The van der Waals surface area contributed by atoms with E-state index in [9.17, 15) is 4.79 Å². The van der Waals surface area contributed by atoms with Crippen LogP contribution in [0.1, 0.15) is 34.6 Å². The first-order valence-electron chi connectivity index (χ1n) is 12.8. The molecular weight excluding hydrogens is 460 g/mol. The highest BCUT2D eigenvalue weighted by Crippen LogP contribution is 2.33. The number of rotatable bonds is 6. The molecule has 0 unspecified atom stereocenters. The maximum atomic E-state index is 13.7. The fourth-order valence-electron chi connectivity index (χ4n) is 5.26. The number of hydrogen-bond acceptors (Lipinski definition) is 3. The minimum absolute atomic E-state index is 0.0520. The van der Waals surface area contributed by atoms with Crippen molar-refractivity contribution in [2.75, 3.05) is 26.3 Å². The van der Waals surface area contributed by atoms with Gasteiger partial charge in [0.15, 0.2) is 0 Å². The van der Waals surface area contributed by atoms with E-state index in [0.717, 1.165) is 33.2 Å². The Balaban J connectivity index is 1.40. The van der Waals surface area contributed by atoms with E-state index >= 15 is 0 Å². The summed E-state index contributed by atoms with van der Waals surface area (Å²) in [5.74, 6) is 0.0520. The third kappa shape index (κ3) is 4.56. The van der Waals surface area contributed by atoms with Crippen LogP contribution in [0.5, 0.6) is 0 Å². The topological polar surface area (TPSA) is 52.3 Å². The minimum atomic E-state index is 0.0520. The quantitative estimate of drug-likeness (QED) is 0.310. The largest absolute Gasteiger partial charge is 0.378 e. The Morgan fingerprint density at radius 1 is 0.919 bits per heavy atom. The van der Waals surface area contributed by atoms with Gasteiger partial charge >= 0.3 is 0 Å². The SMILES string of the molecule is C[C@@H](c1ccccc1)n1cncc1Cn1cc(C(=O)N2CCOCC2)c(-c2cccc3ccccc23)c1. The molecule has 37 heavy (non-hydrogen) atoms. The lowest BCUT2D eigenvalue weighted by Crippen LogP contribution is -2.40. The summed E-state index contributed by atoms with van der Waals surface area (Å²) < 4.78 is 9.82. The minimum Gasteiger partial charge on any atom is -0.378 e. The molecule has 6 rings (SSSR count). The maximum Gasteiger partial charge on any atom is 0.256 e. The zero-order valence-electron chi connectivity index (χ0n) is 21.0. The molecule has 2 aromatic heterocycles. The summed E-state index contributed by atoms with van der Waals surface area (Å²) in [6.07, 6.45) is 7.92. The predicted molar refractivity (Wildman–Crippen MR) is 146 cm³/mol. The molecule has 1 aliphatic rings. The van der Waals surface area contributed by atoms with Crippen molar-refractivity contribution in [2.24, 2.45) is 0 Å². The van der Waals surface area contributed by atoms with Crippen molar-refractivity contribution in [3.63, 3.8) is 0 Å². The van der Waals surface area contributed by atoms with Crippen LogP contribution in [0.25, 0.3) is 21.9 Å². The van der Waals surface area contributed by atoms with Crippen LogP contribution in [0.2, 0.25) is 0 Å². The van der Waals surface area contributed by atoms with Crippen molar-refractivity contribution in [1.29, 1.82) is 0 Å². The third-order valence-electron chi connectivity index (χ3n) is 7.28. The number of imidazole rings is 1. The third-order valence-corrected chi connectivity index (χ3v) is 7.28. The van der Waals surface area contributed by atoms with Crippen LogP contribution in [0, 0.1) is 0 Å². The number of carbonyl (C=O) groups is 1. The highest BCUT2D eigenvalue weighted by Gasteiger charge is 2.24. The highest BCUT2D eigenvalue weighted by atomic mass is 16.5. The van der Waals surface area contributed by atoms with Gasteiger partial charge in [-0.25, -0.2) is 4.98 Å². The molecule has 1 saturated heterocycles. The molecule has 0 radical (unpaired) electrons.